The molecule has 3 heterocycles. The first-order chi connectivity index (χ1) is 16.1. The number of rotatable bonds is 7. The number of carbonyl (C=O) groups excluding carboxylic acids is 1. The highest BCUT2D eigenvalue weighted by molar-refractivity contribution is 5.94. The van der Waals surface area contributed by atoms with Gasteiger partial charge in [0, 0.05) is 35.8 Å². The van der Waals surface area contributed by atoms with Gasteiger partial charge < -0.3 is 19.1 Å². The van der Waals surface area contributed by atoms with Crippen molar-refractivity contribution in [2.24, 2.45) is 0 Å². The number of furan rings is 1. The first-order valence-corrected chi connectivity index (χ1v) is 11.3. The maximum atomic E-state index is 12.6. The molecule has 33 heavy (non-hydrogen) atoms. The highest BCUT2D eigenvalue weighted by Crippen LogP contribution is 2.30. The van der Waals surface area contributed by atoms with Crippen LogP contribution in [0.15, 0.2) is 75.8 Å². The van der Waals surface area contributed by atoms with Crippen molar-refractivity contribution in [3.63, 3.8) is 0 Å². The van der Waals surface area contributed by atoms with Crippen molar-refractivity contribution in [2.75, 3.05) is 11.4 Å². The summed E-state index contributed by atoms with van der Waals surface area (Å²) in [5.74, 6) is 2.14. The molecular formula is C27H27N3O3. The Hall–Kier alpha value is -3.80. The van der Waals surface area contributed by atoms with E-state index in [1.54, 1.807) is 18.4 Å². The number of oxazole rings is 1. The van der Waals surface area contributed by atoms with Gasteiger partial charge in [-0.1, -0.05) is 18.2 Å². The lowest BCUT2D eigenvalue weighted by molar-refractivity contribution is 0.0939. The number of aryl methyl sites for hydroxylation is 1. The topological polar surface area (TPSA) is 71.5 Å². The highest BCUT2D eigenvalue weighted by Gasteiger charge is 2.21. The summed E-state index contributed by atoms with van der Waals surface area (Å²) in [7, 11) is 0. The van der Waals surface area contributed by atoms with Gasteiger partial charge >= 0.3 is 0 Å². The lowest BCUT2D eigenvalue weighted by atomic mass is 10.1. The Morgan fingerprint density at radius 1 is 1.12 bits per heavy atom. The molecule has 1 atom stereocenters. The number of amides is 1. The van der Waals surface area contributed by atoms with E-state index in [0.29, 0.717) is 17.9 Å². The molecular weight excluding hydrogens is 414 g/mol. The molecule has 1 aliphatic rings. The number of fused-ring (bicyclic) bond motifs is 1. The lowest BCUT2D eigenvalue weighted by Crippen LogP contribution is -2.33. The first-order valence-electron chi connectivity index (χ1n) is 11.3. The Labute approximate surface area is 193 Å². The van der Waals surface area contributed by atoms with Crippen LogP contribution in [0.1, 0.15) is 40.1 Å². The average Bonchev–Trinajstić information content (AvgIpc) is 3.56. The Balaban J connectivity index is 1.24. The molecule has 0 fully saturated rings. The fourth-order valence-corrected chi connectivity index (χ4v) is 4.30. The quantitative estimate of drug-likeness (QED) is 0.429. The zero-order chi connectivity index (χ0) is 22.8. The summed E-state index contributed by atoms with van der Waals surface area (Å²) in [6.07, 6.45) is 3.35. The zero-order valence-corrected chi connectivity index (χ0v) is 18.9. The Kier molecular flexibility index (Phi) is 5.73. The molecule has 6 nitrogen and oxygen atoms in total. The van der Waals surface area contributed by atoms with Gasteiger partial charge in [-0.2, -0.15) is 0 Å². The van der Waals surface area contributed by atoms with Crippen molar-refractivity contribution >= 4 is 11.6 Å². The minimum Gasteiger partial charge on any atom is -0.469 e. The van der Waals surface area contributed by atoms with Gasteiger partial charge in [0.15, 0.2) is 0 Å². The van der Waals surface area contributed by atoms with Crippen molar-refractivity contribution < 1.29 is 13.6 Å². The number of anilines is 1. The molecule has 6 heteroatoms. The second-order valence-electron chi connectivity index (χ2n) is 8.56. The predicted octanol–water partition coefficient (Wildman–Crippen LogP) is 5.17. The third-order valence-corrected chi connectivity index (χ3v) is 6.08. The van der Waals surface area contributed by atoms with Crippen molar-refractivity contribution in [2.45, 2.75) is 39.3 Å². The fourth-order valence-electron chi connectivity index (χ4n) is 4.30. The van der Waals surface area contributed by atoms with E-state index in [1.165, 1.54) is 11.3 Å². The van der Waals surface area contributed by atoms with Gasteiger partial charge in [0.25, 0.3) is 5.91 Å². The molecule has 168 valence electrons. The number of hydrogen-bond acceptors (Lipinski definition) is 5. The predicted molar refractivity (Wildman–Crippen MR) is 127 cm³/mol. The number of nitrogens with one attached hydrogen (secondary N) is 1. The molecule has 0 bridgehead atoms. The summed E-state index contributed by atoms with van der Waals surface area (Å²) in [5, 5.41) is 3.01. The molecule has 1 N–H and O–H groups in total. The monoisotopic (exact) mass is 441 g/mol. The minimum absolute atomic E-state index is 0.0315. The molecule has 0 saturated carbocycles. The van der Waals surface area contributed by atoms with E-state index in [4.69, 9.17) is 13.8 Å². The van der Waals surface area contributed by atoms with E-state index >= 15 is 0 Å². The van der Waals surface area contributed by atoms with Gasteiger partial charge in [-0.3, -0.25) is 4.79 Å². The van der Waals surface area contributed by atoms with E-state index < -0.39 is 0 Å². The van der Waals surface area contributed by atoms with E-state index in [0.717, 1.165) is 42.3 Å². The number of carbonyl (C=O) groups is 1. The third kappa shape index (κ3) is 4.55. The van der Waals surface area contributed by atoms with Crippen molar-refractivity contribution in [3.05, 3.63) is 95.3 Å². The lowest BCUT2D eigenvalue weighted by Gasteiger charge is -2.17. The third-order valence-electron chi connectivity index (χ3n) is 6.08. The molecule has 2 aromatic carbocycles. The van der Waals surface area contributed by atoms with Gasteiger partial charge in [0.2, 0.25) is 5.89 Å². The highest BCUT2D eigenvalue weighted by atomic mass is 16.4. The van der Waals surface area contributed by atoms with E-state index in [1.807, 2.05) is 38.1 Å². The minimum atomic E-state index is -0.113. The largest absolute Gasteiger partial charge is 0.469 e. The Morgan fingerprint density at radius 3 is 2.73 bits per heavy atom. The molecule has 0 aliphatic carbocycles. The summed E-state index contributed by atoms with van der Waals surface area (Å²) < 4.78 is 11.3. The summed E-state index contributed by atoms with van der Waals surface area (Å²) in [4.78, 5) is 19.7. The average molecular weight is 442 g/mol. The molecule has 1 amide bonds. The smallest absolute Gasteiger partial charge is 0.251 e. The fraction of sp³-hybridized carbons (Fsp3) is 0.259. The first kappa shape index (κ1) is 21.1. The SMILES string of the molecule is Cc1oc(-c2ccc(C(=O)NC(C)Cc3ccco3)cc2)nc1CN1CCc2ccccc21. The van der Waals surface area contributed by atoms with Crippen molar-refractivity contribution in [3.8, 4) is 11.5 Å². The van der Waals surface area contributed by atoms with Crippen LogP contribution in [0.3, 0.4) is 0 Å². The van der Waals surface area contributed by atoms with Crippen LogP contribution in [0, 0.1) is 6.92 Å². The van der Waals surface area contributed by atoms with Crippen LogP contribution < -0.4 is 10.2 Å². The van der Waals surface area contributed by atoms with Crippen LogP contribution in [-0.4, -0.2) is 23.5 Å². The molecule has 2 aromatic heterocycles. The number of aromatic nitrogens is 1. The normalized spacial score (nSPS) is 13.7. The number of nitrogens with zero attached hydrogens (tertiary/aromatic N) is 2. The second-order valence-corrected chi connectivity index (χ2v) is 8.56. The van der Waals surface area contributed by atoms with Crippen LogP contribution in [0.2, 0.25) is 0 Å². The van der Waals surface area contributed by atoms with Gasteiger partial charge in [-0.25, -0.2) is 4.98 Å². The zero-order valence-electron chi connectivity index (χ0n) is 18.9. The van der Waals surface area contributed by atoms with Crippen molar-refractivity contribution in [1.82, 2.24) is 10.3 Å². The number of benzene rings is 2. The summed E-state index contributed by atoms with van der Waals surface area (Å²) in [6, 6.07) is 19.6. The van der Waals surface area contributed by atoms with Gasteiger partial charge in [-0.05, 0) is 68.3 Å². The Bertz CT molecular complexity index is 1240. The molecule has 1 aliphatic heterocycles. The van der Waals surface area contributed by atoms with E-state index in [9.17, 15) is 4.79 Å². The molecule has 1 unspecified atom stereocenters. The van der Waals surface area contributed by atoms with E-state index in [-0.39, 0.29) is 11.9 Å². The van der Waals surface area contributed by atoms with Crippen LogP contribution in [-0.2, 0) is 19.4 Å². The number of para-hydroxylation sites is 1. The molecule has 0 spiro atoms. The summed E-state index contributed by atoms with van der Waals surface area (Å²) in [6.45, 7) is 5.63. The second kappa shape index (κ2) is 8.98. The molecule has 5 rings (SSSR count). The van der Waals surface area contributed by atoms with Gasteiger partial charge in [-0.15, -0.1) is 0 Å². The number of hydrogen-bond donors (Lipinski definition) is 1. The van der Waals surface area contributed by atoms with Gasteiger partial charge in [0.1, 0.15) is 17.2 Å². The van der Waals surface area contributed by atoms with Crippen LogP contribution in [0.5, 0.6) is 0 Å². The molecule has 0 radical (unpaired) electrons. The molecule has 4 aromatic rings. The maximum absolute atomic E-state index is 12.6. The summed E-state index contributed by atoms with van der Waals surface area (Å²) in [5.41, 5.74) is 5.05. The van der Waals surface area contributed by atoms with Crippen LogP contribution in [0.4, 0.5) is 5.69 Å². The van der Waals surface area contributed by atoms with Crippen LogP contribution >= 0.6 is 0 Å². The molecule has 0 saturated heterocycles. The Morgan fingerprint density at radius 2 is 1.94 bits per heavy atom. The van der Waals surface area contributed by atoms with Crippen molar-refractivity contribution in [1.29, 1.82) is 0 Å². The standard InChI is InChI=1S/C27H27N3O3/c1-18(16-23-7-5-15-32-23)28-26(31)21-9-11-22(12-10-21)27-29-24(19(2)33-27)17-30-14-13-20-6-3-4-8-25(20)30/h3-12,15,18H,13-14,16-17H2,1-2H3,(H,28,31). The maximum Gasteiger partial charge on any atom is 0.251 e. The van der Waals surface area contributed by atoms with Crippen LogP contribution in [0.25, 0.3) is 11.5 Å². The summed E-state index contributed by atoms with van der Waals surface area (Å²) >= 11 is 0. The van der Waals surface area contributed by atoms with Gasteiger partial charge in [0.05, 0.1) is 12.8 Å². The van der Waals surface area contributed by atoms with E-state index in [2.05, 4.69) is 34.5 Å².